The monoisotopic (exact) mass is 480 g/mol. The maximum atomic E-state index is 13.2. The number of nitrogens with zero attached hydrogens (tertiary/aromatic N) is 1. The Bertz CT molecular complexity index is 1480. The van der Waals surface area contributed by atoms with Crippen molar-refractivity contribution >= 4 is 45.8 Å². The van der Waals surface area contributed by atoms with Crippen LogP contribution in [0.3, 0.4) is 0 Å². The van der Waals surface area contributed by atoms with Gasteiger partial charge in [-0.2, -0.15) is 0 Å². The van der Waals surface area contributed by atoms with Gasteiger partial charge in [-0.3, -0.25) is 9.69 Å². The van der Waals surface area contributed by atoms with Crippen LogP contribution in [-0.2, 0) is 11.4 Å². The Morgan fingerprint density at radius 2 is 1.71 bits per heavy atom. The molecule has 6 heteroatoms. The Morgan fingerprint density at radius 3 is 2.51 bits per heavy atom. The Balaban J connectivity index is 1.38. The van der Waals surface area contributed by atoms with Crippen LogP contribution in [0.5, 0.6) is 11.5 Å². The van der Waals surface area contributed by atoms with E-state index < -0.39 is 0 Å². The number of carbonyl (C=O) groups excluding carboxylic acids is 1. The lowest BCUT2D eigenvalue weighted by molar-refractivity contribution is -0.113. The number of aryl methyl sites for hydroxylation is 1. The highest BCUT2D eigenvalue weighted by Gasteiger charge is 2.32. The van der Waals surface area contributed by atoms with Crippen molar-refractivity contribution in [3.8, 4) is 11.5 Å². The van der Waals surface area contributed by atoms with E-state index in [0.29, 0.717) is 17.4 Å². The number of benzene rings is 4. The normalized spacial score (nSPS) is 14.5. The van der Waals surface area contributed by atoms with Crippen LogP contribution >= 0.6 is 12.2 Å². The summed E-state index contributed by atoms with van der Waals surface area (Å²) in [6.07, 6.45) is 1.80. The summed E-state index contributed by atoms with van der Waals surface area (Å²) in [6, 6.07) is 27.6. The number of methoxy groups -OCH3 is 1. The number of anilines is 1. The van der Waals surface area contributed by atoms with Gasteiger partial charge in [-0.25, -0.2) is 0 Å². The van der Waals surface area contributed by atoms with Gasteiger partial charge in [-0.1, -0.05) is 54.6 Å². The Labute approximate surface area is 209 Å². The molecule has 0 radical (unpaired) electrons. The van der Waals surface area contributed by atoms with Gasteiger partial charge in [0.25, 0.3) is 5.91 Å². The first-order valence-corrected chi connectivity index (χ1v) is 11.7. The molecule has 5 nitrogen and oxygen atoms in total. The lowest BCUT2D eigenvalue weighted by atomic mass is 10.1. The Morgan fingerprint density at radius 1 is 0.943 bits per heavy atom. The van der Waals surface area contributed by atoms with Crippen LogP contribution in [0.4, 0.5) is 5.69 Å². The fourth-order valence-corrected chi connectivity index (χ4v) is 4.45. The second-order valence-corrected chi connectivity index (χ2v) is 8.67. The van der Waals surface area contributed by atoms with E-state index in [1.165, 1.54) is 4.90 Å². The molecule has 0 saturated carbocycles. The van der Waals surface area contributed by atoms with E-state index in [2.05, 4.69) is 17.4 Å². The predicted molar refractivity (Wildman–Crippen MR) is 144 cm³/mol. The van der Waals surface area contributed by atoms with Crippen molar-refractivity contribution in [3.05, 3.63) is 107 Å². The van der Waals surface area contributed by atoms with E-state index in [1.54, 1.807) is 13.2 Å². The highest BCUT2D eigenvalue weighted by atomic mass is 32.1. The number of rotatable bonds is 6. The van der Waals surface area contributed by atoms with Crippen LogP contribution in [-0.4, -0.2) is 18.1 Å². The molecular weight excluding hydrogens is 456 g/mol. The van der Waals surface area contributed by atoms with Crippen LogP contribution in [0.25, 0.3) is 16.8 Å². The molecule has 1 aliphatic heterocycles. The number of ether oxygens (including phenoxy) is 2. The SMILES string of the molecule is COc1ccc(/C=C2/NC(=S)N(c3ccccc3C)C2=O)cc1COc1ccc2ccccc2c1. The molecule has 1 fully saturated rings. The predicted octanol–water partition coefficient (Wildman–Crippen LogP) is 6.00. The molecule has 0 aromatic heterocycles. The molecule has 0 unspecified atom stereocenters. The minimum absolute atomic E-state index is 0.186. The maximum Gasteiger partial charge on any atom is 0.281 e. The quantitative estimate of drug-likeness (QED) is 0.271. The highest BCUT2D eigenvalue weighted by Crippen LogP contribution is 2.28. The summed E-state index contributed by atoms with van der Waals surface area (Å²) in [5, 5.41) is 5.71. The minimum atomic E-state index is -0.186. The lowest BCUT2D eigenvalue weighted by Gasteiger charge is -2.16. The van der Waals surface area contributed by atoms with E-state index in [9.17, 15) is 4.79 Å². The summed E-state index contributed by atoms with van der Waals surface area (Å²) >= 11 is 5.46. The zero-order valence-electron chi connectivity index (χ0n) is 19.4. The molecule has 0 bridgehead atoms. The largest absolute Gasteiger partial charge is 0.496 e. The van der Waals surface area contributed by atoms with Crippen molar-refractivity contribution in [3.63, 3.8) is 0 Å². The van der Waals surface area contributed by atoms with Crippen molar-refractivity contribution in [1.29, 1.82) is 0 Å². The van der Waals surface area contributed by atoms with Crippen LogP contribution < -0.4 is 19.7 Å². The summed E-state index contributed by atoms with van der Waals surface area (Å²) in [7, 11) is 1.63. The number of para-hydroxylation sites is 1. The van der Waals surface area contributed by atoms with Crippen molar-refractivity contribution in [2.24, 2.45) is 0 Å². The zero-order valence-corrected chi connectivity index (χ0v) is 20.3. The van der Waals surface area contributed by atoms with Gasteiger partial charge in [0, 0.05) is 5.56 Å². The van der Waals surface area contributed by atoms with E-state index in [4.69, 9.17) is 21.7 Å². The minimum Gasteiger partial charge on any atom is -0.496 e. The van der Waals surface area contributed by atoms with Gasteiger partial charge in [0.05, 0.1) is 12.8 Å². The Hall–Kier alpha value is -4.16. The number of hydrogen-bond acceptors (Lipinski definition) is 4. The molecule has 0 spiro atoms. The lowest BCUT2D eigenvalue weighted by Crippen LogP contribution is -2.30. The van der Waals surface area contributed by atoms with Gasteiger partial charge < -0.3 is 14.8 Å². The Kier molecular flexibility index (Phi) is 6.21. The van der Waals surface area contributed by atoms with Gasteiger partial charge >= 0.3 is 0 Å². The van der Waals surface area contributed by atoms with E-state index >= 15 is 0 Å². The topological polar surface area (TPSA) is 50.8 Å². The summed E-state index contributed by atoms with van der Waals surface area (Å²) in [5.41, 5.74) is 3.89. The molecule has 1 N–H and O–H groups in total. The van der Waals surface area contributed by atoms with Gasteiger partial charge in [-0.05, 0) is 77.4 Å². The third-order valence-corrected chi connectivity index (χ3v) is 6.25. The fraction of sp³-hybridized carbons (Fsp3) is 0.103. The van der Waals surface area contributed by atoms with Gasteiger partial charge in [0.1, 0.15) is 23.8 Å². The van der Waals surface area contributed by atoms with Crippen molar-refractivity contribution in [2.45, 2.75) is 13.5 Å². The molecule has 1 aliphatic rings. The third-order valence-electron chi connectivity index (χ3n) is 5.97. The van der Waals surface area contributed by atoms with Crippen molar-refractivity contribution in [2.75, 3.05) is 12.0 Å². The molecule has 35 heavy (non-hydrogen) atoms. The molecule has 5 rings (SSSR count). The molecule has 0 aliphatic carbocycles. The van der Waals surface area contributed by atoms with Crippen LogP contribution in [0.15, 0.2) is 90.6 Å². The fourth-order valence-electron chi connectivity index (χ4n) is 4.15. The number of fused-ring (bicyclic) bond motifs is 1. The number of thiocarbonyl (C=S) groups is 1. The summed E-state index contributed by atoms with van der Waals surface area (Å²) < 4.78 is 11.6. The average molecular weight is 481 g/mol. The molecule has 1 heterocycles. The molecule has 1 saturated heterocycles. The highest BCUT2D eigenvalue weighted by molar-refractivity contribution is 7.80. The van der Waals surface area contributed by atoms with E-state index in [0.717, 1.165) is 44.6 Å². The second kappa shape index (κ2) is 9.60. The number of hydrogen-bond donors (Lipinski definition) is 1. The number of amides is 1. The second-order valence-electron chi connectivity index (χ2n) is 8.28. The van der Waals surface area contributed by atoms with Gasteiger partial charge in [0.2, 0.25) is 0 Å². The van der Waals surface area contributed by atoms with Crippen LogP contribution in [0, 0.1) is 6.92 Å². The van der Waals surface area contributed by atoms with Crippen LogP contribution in [0.2, 0.25) is 0 Å². The first-order chi connectivity index (χ1) is 17.0. The molecule has 4 aromatic carbocycles. The van der Waals surface area contributed by atoms with E-state index in [1.807, 2.05) is 79.7 Å². The van der Waals surface area contributed by atoms with Gasteiger partial charge in [0.15, 0.2) is 5.11 Å². The molecular formula is C29H24N2O3S. The summed E-state index contributed by atoms with van der Waals surface area (Å²) in [4.78, 5) is 14.7. The standard InChI is InChI=1S/C29H24N2O3S/c1-19-7-3-6-10-26(19)31-28(32)25(30-29(31)35)16-20-11-14-27(33-2)23(15-20)18-34-24-13-12-21-8-4-5-9-22(21)17-24/h3-17H,18H2,1-2H3,(H,30,35)/b25-16+. The van der Waals surface area contributed by atoms with E-state index in [-0.39, 0.29) is 5.91 Å². The van der Waals surface area contributed by atoms with Crippen LogP contribution in [0.1, 0.15) is 16.7 Å². The van der Waals surface area contributed by atoms with Crippen molar-refractivity contribution < 1.29 is 14.3 Å². The molecule has 1 amide bonds. The average Bonchev–Trinajstić information content (AvgIpc) is 3.15. The summed E-state index contributed by atoms with van der Waals surface area (Å²) in [6.45, 7) is 2.28. The van der Waals surface area contributed by atoms with Crippen molar-refractivity contribution in [1.82, 2.24) is 5.32 Å². The summed E-state index contributed by atoms with van der Waals surface area (Å²) in [5.74, 6) is 1.31. The maximum absolute atomic E-state index is 13.2. The zero-order chi connectivity index (χ0) is 24.4. The smallest absolute Gasteiger partial charge is 0.281 e. The first kappa shape index (κ1) is 22.6. The number of nitrogens with one attached hydrogen (secondary N) is 1. The third kappa shape index (κ3) is 4.61. The molecule has 0 atom stereocenters. The molecule has 4 aromatic rings. The first-order valence-electron chi connectivity index (χ1n) is 11.2. The number of carbonyl (C=O) groups is 1. The van der Waals surface area contributed by atoms with Gasteiger partial charge in [-0.15, -0.1) is 0 Å². The molecule has 174 valence electrons.